The van der Waals surface area contributed by atoms with Crippen LogP contribution in [-0.4, -0.2) is 44.5 Å². The van der Waals surface area contributed by atoms with E-state index in [1.54, 1.807) is 17.0 Å². The number of amides is 1. The van der Waals surface area contributed by atoms with E-state index in [0.717, 1.165) is 11.1 Å². The van der Waals surface area contributed by atoms with Crippen LogP contribution in [0.5, 0.6) is 0 Å². The zero-order valence-electron chi connectivity index (χ0n) is 17.2. The number of likely N-dealkylation sites (tertiary alicyclic amines) is 1. The number of rotatable bonds is 4. The Kier molecular flexibility index (Phi) is 5.27. The van der Waals surface area contributed by atoms with Crippen LogP contribution in [0.25, 0.3) is 0 Å². The van der Waals surface area contributed by atoms with Gasteiger partial charge in [0.2, 0.25) is 0 Å². The fourth-order valence-electron chi connectivity index (χ4n) is 4.27. The molecule has 0 bridgehead atoms. The third-order valence-electron chi connectivity index (χ3n) is 6.02. The first-order valence-corrected chi connectivity index (χ1v) is 10.4. The Bertz CT molecular complexity index is 920. The maximum absolute atomic E-state index is 13.7. The Morgan fingerprint density at radius 1 is 1.37 bits per heavy atom. The molecule has 0 aliphatic carbocycles. The highest BCUT2D eigenvalue weighted by atomic mass is 19.4. The molecule has 7 nitrogen and oxygen atoms in total. The van der Waals surface area contributed by atoms with Crippen LogP contribution >= 0.6 is 0 Å². The zero-order valence-corrected chi connectivity index (χ0v) is 17.2. The molecular weight excluding hydrogens is 399 g/mol. The largest absolute Gasteiger partial charge is 0.410 e. The van der Waals surface area contributed by atoms with Gasteiger partial charge in [0.1, 0.15) is 11.6 Å². The van der Waals surface area contributed by atoms with Crippen molar-refractivity contribution in [3.8, 4) is 0 Å². The summed E-state index contributed by atoms with van der Waals surface area (Å²) in [5.74, 6) is 0.730. The third kappa shape index (κ3) is 3.67. The van der Waals surface area contributed by atoms with Crippen LogP contribution in [0, 0.1) is 5.92 Å². The van der Waals surface area contributed by atoms with E-state index < -0.39 is 12.2 Å². The molecule has 2 aromatic heterocycles. The lowest BCUT2D eigenvalue weighted by molar-refractivity contribution is -0.174. The normalized spacial score (nSPS) is 24.2. The molecule has 3 atom stereocenters. The molecule has 0 unspecified atom stereocenters. The molecule has 0 spiro atoms. The molecule has 0 radical (unpaired) electrons. The van der Waals surface area contributed by atoms with Gasteiger partial charge in [-0.1, -0.05) is 25.9 Å². The van der Waals surface area contributed by atoms with Gasteiger partial charge < -0.3 is 14.7 Å². The fraction of sp³-hybridized carbons (Fsp3) is 0.650. The molecule has 1 saturated heterocycles. The minimum Gasteiger partial charge on any atom is -0.367 e. The highest BCUT2D eigenvalue weighted by Crippen LogP contribution is 2.42. The van der Waals surface area contributed by atoms with Gasteiger partial charge in [0.05, 0.1) is 11.7 Å². The van der Waals surface area contributed by atoms with Gasteiger partial charge in [-0.05, 0) is 25.2 Å². The van der Waals surface area contributed by atoms with E-state index in [0.29, 0.717) is 36.7 Å². The first-order chi connectivity index (χ1) is 14.2. The average molecular weight is 425 g/mol. The Balaban J connectivity index is 1.64. The van der Waals surface area contributed by atoms with E-state index in [-0.39, 0.29) is 36.0 Å². The van der Waals surface area contributed by atoms with Crippen LogP contribution in [0.2, 0.25) is 0 Å². The van der Waals surface area contributed by atoms with Gasteiger partial charge in [-0.15, -0.1) is 0 Å². The lowest BCUT2D eigenvalue weighted by atomic mass is 9.94. The van der Waals surface area contributed by atoms with Crippen LogP contribution in [0.3, 0.4) is 0 Å². The summed E-state index contributed by atoms with van der Waals surface area (Å²) >= 11 is 0. The second-order valence-corrected chi connectivity index (χ2v) is 8.38. The molecule has 0 aromatic carbocycles. The van der Waals surface area contributed by atoms with Crippen LogP contribution in [0.1, 0.15) is 74.1 Å². The standard InChI is InChI=1S/C20H26F3N5O2/c1-4-12-8-15(26-30-12)19(29)27-7-5-6-16(27)14-10-18-24-13(11(2)3)9-17(20(21,22)23)28(18)25-14/h8,10-11,13,16-17,24H,4-7,9H2,1-3H3/t13-,16+,17+/m0/s1. The van der Waals surface area contributed by atoms with Crippen molar-refractivity contribution >= 4 is 11.7 Å². The maximum Gasteiger partial charge on any atom is 0.410 e. The van der Waals surface area contributed by atoms with Crippen molar-refractivity contribution in [2.75, 3.05) is 11.9 Å². The van der Waals surface area contributed by atoms with Gasteiger partial charge in [0.15, 0.2) is 11.7 Å². The maximum atomic E-state index is 13.7. The summed E-state index contributed by atoms with van der Waals surface area (Å²) in [6.07, 6.45) is -2.44. The summed E-state index contributed by atoms with van der Waals surface area (Å²) in [5, 5.41) is 11.4. The topological polar surface area (TPSA) is 76.2 Å². The number of aromatic nitrogens is 3. The number of halogens is 3. The van der Waals surface area contributed by atoms with Crippen LogP contribution in [0.4, 0.5) is 19.0 Å². The molecule has 1 amide bonds. The van der Waals surface area contributed by atoms with E-state index in [1.165, 1.54) is 0 Å². The number of hydrogen-bond acceptors (Lipinski definition) is 5. The average Bonchev–Trinajstić information content (AvgIpc) is 3.43. The second kappa shape index (κ2) is 7.63. The molecule has 2 aromatic rings. The van der Waals surface area contributed by atoms with Crippen molar-refractivity contribution in [2.45, 2.75) is 70.8 Å². The summed E-state index contributed by atoms with van der Waals surface area (Å²) in [5.41, 5.74) is 0.690. The number of fused-ring (bicyclic) bond motifs is 1. The van der Waals surface area contributed by atoms with E-state index >= 15 is 0 Å². The van der Waals surface area contributed by atoms with Crippen LogP contribution in [0.15, 0.2) is 16.7 Å². The molecule has 2 aliphatic heterocycles. The Hall–Kier alpha value is -2.52. The number of nitrogens with one attached hydrogen (secondary N) is 1. The number of carbonyl (C=O) groups is 1. The van der Waals surface area contributed by atoms with E-state index in [4.69, 9.17) is 4.52 Å². The molecule has 4 rings (SSSR count). The predicted molar refractivity (Wildman–Crippen MR) is 103 cm³/mol. The monoisotopic (exact) mass is 425 g/mol. The summed E-state index contributed by atoms with van der Waals surface area (Å²) in [6.45, 7) is 6.21. The summed E-state index contributed by atoms with van der Waals surface area (Å²) in [4.78, 5) is 14.6. The van der Waals surface area contributed by atoms with Gasteiger partial charge in [-0.3, -0.25) is 4.79 Å². The van der Waals surface area contributed by atoms with E-state index in [9.17, 15) is 18.0 Å². The Morgan fingerprint density at radius 2 is 2.13 bits per heavy atom. The van der Waals surface area contributed by atoms with Crippen LogP contribution < -0.4 is 5.32 Å². The van der Waals surface area contributed by atoms with Gasteiger partial charge >= 0.3 is 6.18 Å². The summed E-state index contributed by atoms with van der Waals surface area (Å²) < 4.78 is 47.4. The summed E-state index contributed by atoms with van der Waals surface area (Å²) in [7, 11) is 0. The quantitative estimate of drug-likeness (QED) is 0.788. The first-order valence-electron chi connectivity index (χ1n) is 10.4. The SMILES string of the molecule is CCc1cc(C(=O)N2CCC[C@@H]2c2cc3n(n2)[C@@H](C(F)(F)F)C[C@@H](C(C)C)N3)no1. The number of hydrogen-bond donors (Lipinski definition) is 1. The first kappa shape index (κ1) is 20.7. The van der Waals surface area contributed by atoms with E-state index in [2.05, 4.69) is 15.6 Å². The number of aryl methyl sites for hydroxylation is 1. The van der Waals surface area contributed by atoms with E-state index in [1.807, 2.05) is 20.8 Å². The number of carbonyl (C=O) groups excluding carboxylic acids is 1. The Labute approximate surface area is 172 Å². The molecule has 4 heterocycles. The highest BCUT2D eigenvalue weighted by molar-refractivity contribution is 5.92. The van der Waals surface area contributed by atoms with Gasteiger partial charge in [0.25, 0.3) is 5.91 Å². The lowest BCUT2D eigenvalue weighted by Gasteiger charge is -2.35. The highest BCUT2D eigenvalue weighted by Gasteiger charge is 2.47. The fourth-order valence-corrected chi connectivity index (χ4v) is 4.27. The van der Waals surface area contributed by atoms with Crippen molar-refractivity contribution in [3.63, 3.8) is 0 Å². The van der Waals surface area contributed by atoms with Crippen LogP contribution in [-0.2, 0) is 6.42 Å². The third-order valence-corrected chi connectivity index (χ3v) is 6.02. The lowest BCUT2D eigenvalue weighted by Crippen LogP contribution is -2.41. The molecule has 2 aliphatic rings. The zero-order chi connectivity index (χ0) is 21.6. The molecule has 164 valence electrons. The molecule has 1 N–H and O–H groups in total. The number of anilines is 1. The van der Waals surface area contributed by atoms with Gasteiger partial charge in [-0.2, -0.15) is 18.3 Å². The number of alkyl halides is 3. The molecule has 10 heteroatoms. The van der Waals surface area contributed by atoms with Crippen molar-refractivity contribution in [1.29, 1.82) is 0 Å². The summed E-state index contributed by atoms with van der Waals surface area (Å²) in [6, 6.07) is 0.917. The van der Waals surface area contributed by atoms with Crippen molar-refractivity contribution in [3.05, 3.63) is 29.3 Å². The molecule has 1 fully saturated rings. The Morgan fingerprint density at radius 3 is 2.77 bits per heavy atom. The van der Waals surface area contributed by atoms with Crippen molar-refractivity contribution < 1.29 is 22.5 Å². The number of nitrogens with zero attached hydrogens (tertiary/aromatic N) is 4. The second-order valence-electron chi connectivity index (χ2n) is 8.38. The molecular formula is C20H26F3N5O2. The minimum atomic E-state index is -4.39. The van der Waals surface area contributed by atoms with Crippen molar-refractivity contribution in [2.24, 2.45) is 5.92 Å². The molecule has 30 heavy (non-hydrogen) atoms. The van der Waals surface area contributed by atoms with Gasteiger partial charge in [-0.25, -0.2) is 4.68 Å². The minimum absolute atomic E-state index is 0.0476. The van der Waals surface area contributed by atoms with Gasteiger partial charge in [0, 0.05) is 31.1 Å². The van der Waals surface area contributed by atoms with Crippen molar-refractivity contribution in [1.82, 2.24) is 19.8 Å². The molecule has 0 saturated carbocycles. The predicted octanol–water partition coefficient (Wildman–Crippen LogP) is 4.35. The smallest absolute Gasteiger partial charge is 0.367 e.